The third-order valence-corrected chi connectivity index (χ3v) is 2.80. The number of hydrogen-bond acceptors (Lipinski definition) is 5. The molecule has 0 saturated heterocycles. The van der Waals surface area contributed by atoms with Gasteiger partial charge in [0.25, 0.3) is 5.22 Å². The van der Waals surface area contributed by atoms with Crippen molar-refractivity contribution >= 4 is 17.9 Å². The van der Waals surface area contributed by atoms with Crippen LogP contribution in [0.25, 0.3) is 0 Å². The molecule has 1 N–H and O–H groups in total. The first-order valence-corrected chi connectivity index (χ1v) is 6.30. The lowest BCUT2D eigenvalue weighted by atomic mass is 10.4. The lowest BCUT2D eigenvalue weighted by molar-refractivity contribution is -0.160. The Hall–Kier alpha value is -1.38. The molecule has 0 aliphatic carbocycles. The van der Waals surface area contributed by atoms with Crippen LogP contribution in [0.15, 0.2) is 9.64 Å². The first kappa shape index (κ1) is 15.7. The van der Waals surface area contributed by atoms with Crippen LogP contribution in [0.1, 0.15) is 11.5 Å². The Bertz CT molecular complexity index is 415. The molecule has 19 heavy (non-hydrogen) atoms. The van der Waals surface area contributed by atoms with Crippen LogP contribution in [0.2, 0.25) is 0 Å². The smallest absolute Gasteiger partial charge is 0.422 e. The number of aromatic nitrogens is 1. The van der Waals surface area contributed by atoms with E-state index in [1.807, 2.05) is 0 Å². The number of rotatable bonds is 5. The SMILES string of the molecule is Cc1nc(SCCNC(=O)OCC(F)(F)F)oc1C. The highest BCUT2D eigenvalue weighted by Gasteiger charge is 2.29. The van der Waals surface area contributed by atoms with Gasteiger partial charge < -0.3 is 14.5 Å². The predicted molar refractivity (Wildman–Crippen MR) is 62.1 cm³/mol. The van der Waals surface area contributed by atoms with Crippen LogP contribution in [0.5, 0.6) is 0 Å². The van der Waals surface area contributed by atoms with Gasteiger partial charge in [0.2, 0.25) is 0 Å². The molecule has 0 bridgehead atoms. The molecule has 5 nitrogen and oxygen atoms in total. The Balaban J connectivity index is 2.15. The quantitative estimate of drug-likeness (QED) is 0.669. The molecule has 1 heterocycles. The van der Waals surface area contributed by atoms with E-state index in [0.717, 1.165) is 5.69 Å². The number of carbonyl (C=O) groups is 1. The van der Waals surface area contributed by atoms with Gasteiger partial charge in [0.05, 0.1) is 5.69 Å². The number of hydrogen-bond donors (Lipinski definition) is 1. The molecule has 1 aromatic heterocycles. The summed E-state index contributed by atoms with van der Waals surface area (Å²) in [7, 11) is 0. The Kier molecular flexibility index (Phi) is 5.52. The number of amides is 1. The first-order chi connectivity index (χ1) is 8.78. The molecule has 0 aliphatic rings. The van der Waals surface area contributed by atoms with Gasteiger partial charge in [0.1, 0.15) is 5.76 Å². The Labute approximate surface area is 111 Å². The van der Waals surface area contributed by atoms with E-state index in [1.165, 1.54) is 11.8 Å². The van der Waals surface area contributed by atoms with Crippen molar-refractivity contribution in [3.63, 3.8) is 0 Å². The van der Waals surface area contributed by atoms with Gasteiger partial charge in [-0.15, -0.1) is 0 Å². The molecule has 0 fully saturated rings. The molecule has 0 atom stereocenters. The molecule has 1 amide bonds. The average Bonchev–Trinajstić information content (AvgIpc) is 2.61. The van der Waals surface area contributed by atoms with Crippen LogP contribution >= 0.6 is 11.8 Å². The van der Waals surface area contributed by atoms with E-state index in [2.05, 4.69) is 15.0 Å². The van der Waals surface area contributed by atoms with Crippen molar-refractivity contribution in [3.05, 3.63) is 11.5 Å². The highest BCUT2D eigenvalue weighted by molar-refractivity contribution is 7.99. The monoisotopic (exact) mass is 298 g/mol. The normalized spacial score (nSPS) is 11.4. The summed E-state index contributed by atoms with van der Waals surface area (Å²) < 4.78 is 44.4. The molecular weight excluding hydrogens is 285 g/mol. The van der Waals surface area contributed by atoms with Gasteiger partial charge in [0, 0.05) is 12.3 Å². The van der Waals surface area contributed by atoms with Crippen molar-refractivity contribution in [3.8, 4) is 0 Å². The summed E-state index contributed by atoms with van der Waals surface area (Å²) in [5.41, 5.74) is 0.778. The summed E-state index contributed by atoms with van der Waals surface area (Å²) in [6.45, 7) is 2.14. The summed E-state index contributed by atoms with van der Waals surface area (Å²) in [6, 6.07) is 0. The predicted octanol–water partition coefficient (Wildman–Crippen LogP) is 2.67. The van der Waals surface area contributed by atoms with Gasteiger partial charge in [-0.2, -0.15) is 13.2 Å². The second-order valence-electron chi connectivity index (χ2n) is 3.59. The summed E-state index contributed by atoms with van der Waals surface area (Å²) >= 11 is 1.25. The van der Waals surface area contributed by atoms with Crippen molar-refractivity contribution < 1.29 is 27.1 Å². The zero-order valence-corrected chi connectivity index (χ0v) is 11.2. The summed E-state index contributed by atoms with van der Waals surface area (Å²) in [6.07, 6.45) is -5.61. The number of halogens is 3. The van der Waals surface area contributed by atoms with Gasteiger partial charge in [-0.3, -0.25) is 0 Å². The minimum absolute atomic E-state index is 0.155. The Morgan fingerprint density at radius 3 is 2.68 bits per heavy atom. The third-order valence-electron chi connectivity index (χ3n) is 1.97. The van der Waals surface area contributed by atoms with Crippen LogP contribution < -0.4 is 5.32 Å². The number of thioether (sulfide) groups is 1. The molecule has 0 radical (unpaired) electrons. The summed E-state index contributed by atoms with van der Waals surface area (Å²) in [4.78, 5) is 15.0. The number of alkyl carbamates (subject to hydrolysis) is 1. The van der Waals surface area contributed by atoms with Crippen molar-refractivity contribution in [2.75, 3.05) is 18.9 Å². The Morgan fingerprint density at radius 1 is 1.47 bits per heavy atom. The van der Waals surface area contributed by atoms with E-state index in [0.29, 0.717) is 16.7 Å². The minimum atomic E-state index is -4.51. The molecule has 0 unspecified atom stereocenters. The number of ether oxygens (including phenoxy) is 1. The van der Waals surface area contributed by atoms with Gasteiger partial charge in [-0.05, 0) is 13.8 Å². The topological polar surface area (TPSA) is 64.4 Å². The molecule has 0 spiro atoms. The number of carbonyl (C=O) groups excluding carboxylic acids is 1. The van der Waals surface area contributed by atoms with Crippen LogP contribution in [0.3, 0.4) is 0 Å². The van der Waals surface area contributed by atoms with Crippen LogP contribution in [-0.2, 0) is 4.74 Å². The van der Waals surface area contributed by atoms with E-state index in [9.17, 15) is 18.0 Å². The van der Waals surface area contributed by atoms with E-state index in [-0.39, 0.29) is 6.54 Å². The number of alkyl halides is 3. The molecule has 0 aromatic carbocycles. The standard InChI is InChI=1S/C10H13F3N2O3S/c1-6-7(2)18-9(15-6)19-4-3-14-8(16)17-5-10(11,12)13/h3-5H2,1-2H3,(H,14,16). The lowest BCUT2D eigenvalue weighted by Gasteiger charge is -2.08. The average molecular weight is 298 g/mol. The zero-order valence-electron chi connectivity index (χ0n) is 10.3. The van der Waals surface area contributed by atoms with Crippen molar-refractivity contribution in [2.24, 2.45) is 0 Å². The van der Waals surface area contributed by atoms with Crippen LogP contribution in [-0.4, -0.2) is 36.2 Å². The molecule has 0 aliphatic heterocycles. The molecule has 9 heteroatoms. The molecule has 1 rings (SSSR count). The fourth-order valence-corrected chi connectivity index (χ4v) is 1.76. The molecule has 1 aromatic rings. The first-order valence-electron chi connectivity index (χ1n) is 5.32. The maximum absolute atomic E-state index is 11.7. The van der Waals surface area contributed by atoms with Crippen molar-refractivity contribution in [1.29, 1.82) is 0 Å². The largest absolute Gasteiger partial charge is 0.440 e. The van der Waals surface area contributed by atoms with Crippen LogP contribution in [0, 0.1) is 13.8 Å². The second kappa shape index (κ2) is 6.69. The number of aryl methyl sites for hydroxylation is 2. The minimum Gasteiger partial charge on any atom is -0.440 e. The van der Waals surface area contributed by atoms with E-state index in [1.54, 1.807) is 13.8 Å². The molecule has 0 saturated carbocycles. The van der Waals surface area contributed by atoms with Crippen LogP contribution in [0.4, 0.5) is 18.0 Å². The van der Waals surface area contributed by atoms with Gasteiger partial charge in [0.15, 0.2) is 6.61 Å². The van der Waals surface area contributed by atoms with Gasteiger partial charge in [-0.25, -0.2) is 9.78 Å². The highest BCUT2D eigenvalue weighted by Crippen LogP contribution is 2.19. The number of nitrogens with zero attached hydrogens (tertiary/aromatic N) is 1. The van der Waals surface area contributed by atoms with Gasteiger partial charge in [-0.1, -0.05) is 11.8 Å². The molecule has 108 valence electrons. The van der Waals surface area contributed by atoms with E-state index in [4.69, 9.17) is 4.42 Å². The second-order valence-corrected chi connectivity index (χ2v) is 4.63. The zero-order chi connectivity index (χ0) is 14.5. The van der Waals surface area contributed by atoms with E-state index < -0.39 is 18.9 Å². The maximum Gasteiger partial charge on any atom is 0.422 e. The van der Waals surface area contributed by atoms with Crippen molar-refractivity contribution in [2.45, 2.75) is 25.2 Å². The lowest BCUT2D eigenvalue weighted by Crippen LogP contribution is -2.30. The maximum atomic E-state index is 11.7. The highest BCUT2D eigenvalue weighted by atomic mass is 32.2. The molecular formula is C10H13F3N2O3S. The summed E-state index contributed by atoms with van der Waals surface area (Å²) in [5, 5.41) is 2.65. The van der Waals surface area contributed by atoms with Gasteiger partial charge >= 0.3 is 12.3 Å². The third kappa shape index (κ3) is 6.37. The summed E-state index contributed by atoms with van der Waals surface area (Å²) in [5.74, 6) is 1.13. The fraction of sp³-hybridized carbons (Fsp3) is 0.600. The Morgan fingerprint density at radius 2 is 2.16 bits per heavy atom. The number of nitrogens with one attached hydrogen (secondary N) is 1. The van der Waals surface area contributed by atoms with E-state index >= 15 is 0 Å². The van der Waals surface area contributed by atoms with Crippen molar-refractivity contribution in [1.82, 2.24) is 10.3 Å². The number of oxazole rings is 1. The fourth-order valence-electron chi connectivity index (χ4n) is 0.995.